The van der Waals surface area contributed by atoms with Crippen molar-refractivity contribution in [2.45, 2.75) is 13.8 Å². The average Bonchev–Trinajstić information content (AvgIpc) is 3.13. The third-order valence-corrected chi connectivity index (χ3v) is 5.21. The van der Waals surface area contributed by atoms with Crippen LogP contribution < -0.4 is 10.6 Å². The monoisotopic (exact) mass is 387 g/mol. The van der Waals surface area contributed by atoms with Gasteiger partial charge < -0.3 is 15.5 Å². The molecule has 2 heterocycles. The Balaban J connectivity index is 1.45. The van der Waals surface area contributed by atoms with E-state index in [9.17, 15) is 9.59 Å². The summed E-state index contributed by atoms with van der Waals surface area (Å²) in [6.45, 7) is 7.68. The Morgan fingerprint density at radius 1 is 1.15 bits per heavy atom. The molecule has 3 rings (SSSR count). The molecule has 27 heavy (non-hydrogen) atoms. The molecule has 2 amide bonds. The second kappa shape index (κ2) is 8.96. The number of hydrogen-bond acceptors (Lipinski definition) is 6. The number of aryl methyl sites for hydroxylation is 1. The first-order valence-electron chi connectivity index (χ1n) is 9.12. The summed E-state index contributed by atoms with van der Waals surface area (Å²) >= 11 is 1.44. The molecule has 1 aromatic heterocycles. The first-order chi connectivity index (χ1) is 13.0. The van der Waals surface area contributed by atoms with E-state index in [-0.39, 0.29) is 11.8 Å². The van der Waals surface area contributed by atoms with Crippen LogP contribution >= 0.6 is 11.3 Å². The Morgan fingerprint density at radius 2 is 1.85 bits per heavy atom. The summed E-state index contributed by atoms with van der Waals surface area (Å²) < 4.78 is 0. The number of nitrogens with one attached hydrogen (secondary N) is 2. The van der Waals surface area contributed by atoms with Crippen LogP contribution in [-0.4, -0.2) is 65.9 Å². The number of anilines is 2. The number of nitrogens with zero attached hydrogens (tertiary/aromatic N) is 3. The van der Waals surface area contributed by atoms with Crippen LogP contribution in [0.15, 0.2) is 29.6 Å². The maximum absolute atomic E-state index is 12.6. The fourth-order valence-corrected chi connectivity index (χ4v) is 3.67. The zero-order valence-corrected chi connectivity index (χ0v) is 16.5. The number of amides is 2. The van der Waals surface area contributed by atoms with Gasteiger partial charge in [0.15, 0.2) is 5.13 Å². The number of aromatic nitrogens is 1. The Bertz CT molecular complexity index is 782. The van der Waals surface area contributed by atoms with Gasteiger partial charge in [-0.25, -0.2) is 4.98 Å². The van der Waals surface area contributed by atoms with E-state index in [0.29, 0.717) is 38.4 Å². The van der Waals surface area contributed by atoms with Crippen molar-refractivity contribution in [1.82, 2.24) is 14.8 Å². The highest BCUT2D eigenvalue weighted by atomic mass is 32.1. The van der Waals surface area contributed by atoms with Crippen molar-refractivity contribution in [2.24, 2.45) is 0 Å². The summed E-state index contributed by atoms with van der Waals surface area (Å²) in [6.07, 6.45) is 0. The Hall–Kier alpha value is -2.45. The first-order valence-corrected chi connectivity index (χ1v) is 10.0. The number of carbonyl (C=O) groups is 2. The van der Waals surface area contributed by atoms with Gasteiger partial charge in [-0.3, -0.25) is 14.5 Å². The Labute approximate surface area is 163 Å². The van der Waals surface area contributed by atoms with E-state index in [1.165, 1.54) is 11.3 Å². The van der Waals surface area contributed by atoms with E-state index >= 15 is 0 Å². The molecule has 1 aromatic carbocycles. The number of carbonyl (C=O) groups excluding carboxylic acids is 2. The zero-order chi connectivity index (χ0) is 19.2. The predicted molar refractivity (Wildman–Crippen MR) is 108 cm³/mol. The molecule has 0 spiro atoms. The second-order valence-corrected chi connectivity index (χ2v) is 7.41. The van der Waals surface area contributed by atoms with E-state index < -0.39 is 0 Å². The van der Waals surface area contributed by atoms with E-state index in [1.807, 2.05) is 38.1 Å². The topological polar surface area (TPSA) is 77.6 Å². The quantitative estimate of drug-likeness (QED) is 0.795. The third kappa shape index (κ3) is 5.27. The molecule has 1 aliphatic rings. The molecule has 0 unspecified atom stereocenters. The van der Waals surface area contributed by atoms with Crippen LogP contribution in [0, 0.1) is 6.92 Å². The number of piperazine rings is 1. The van der Waals surface area contributed by atoms with Crippen LogP contribution in [0.5, 0.6) is 0 Å². The molecule has 0 atom stereocenters. The van der Waals surface area contributed by atoms with Gasteiger partial charge in [-0.15, -0.1) is 11.3 Å². The van der Waals surface area contributed by atoms with Gasteiger partial charge >= 0.3 is 0 Å². The zero-order valence-electron chi connectivity index (χ0n) is 15.7. The van der Waals surface area contributed by atoms with Crippen molar-refractivity contribution in [3.63, 3.8) is 0 Å². The highest BCUT2D eigenvalue weighted by molar-refractivity contribution is 7.13. The van der Waals surface area contributed by atoms with Crippen molar-refractivity contribution in [3.8, 4) is 0 Å². The van der Waals surface area contributed by atoms with Gasteiger partial charge in [0.2, 0.25) is 5.91 Å². The van der Waals surface area contributed by atoms with Crippen LogP contribution in [0.3, 0.4) is 0 Å². The SMILES string of the molecule is CCNc1nc(C(=O)N2CCN(CC(=O)Nc3ccc(C)cc3)CC2)cs1. The third-order valence-electron chi connectivity index (χ3n) is 4.41. The molecule has 1 aliphatic heterocycles. The highest BCUT2D eigenvalue weighted by Crippen LogP contribution is 2.17. The van der Waals surface area contributed by atoms with E-state index in [1.54, 1.807) is 10.3 Å². The average molecular weight is 388 g/mol. The highest BCUT2D eigenvalue weighted by Gasteiger charge is 2.24. The standard InChI is InChI=1S/C19H25N5O2S/c1-3-20-19-22-16(13-27-19)18(26)24-10-8-23(9-11-24)12-17(25)21-15-6-4-14(2)5-7-15/h4-7,13H,3,8-12H2,1-2H3,(H,20,22)(H,21,25). The normalized spacial score (nSPS) is 14.8. The van der Waals surface area contributed by atoms with Crippen LogP contribution in [0.4, 0.5) is 10.8 Å². The second-order valence-electron chi connectivity index (χ2n) is 6.55. The lowest BCUT2D eigenvalue weighted by molar-refractivity contribution is -0.117. The summed E-state index contributed by atoms with van der Waals surface area (Å²) in [5.41, 5.74) is 2.45. The van der Waals surface area contributed by atoms with Crippen LogP contribution in [0.25, 0.3) is 0 Å². The molecule has 0 saturated carbocycles. The smallest absolute Gasteiger partial charge is 0.273 e. The van der Waals surface area contributed by atoms with Crippen molar-refractivity contribution < 1.29 is 9.59 Å². The van der Waals surface area contributed by atoms with E-state index in [0.717, 1.165) is 22.9 Å². The molecule has 8 heteroatoms. The van der Waals surface area contributed by atoms with Gasteiger partial charge in [-0.05, 0) is 26.0 Å². The number of rotatable bonds is 6. The van der Waals surface area contributed by atoms with Crippen molar-refractivity contribution >= 4 is 34.0 Å². The Kier molecular flexibility index (Phi) is 6.41. The van der Waals surface area contributed by atoms with Crippen LogP contribution in [0.2, 0.25) is 0 Å². The van der Waals surface area contributed by atoms with Gasteiger partial charge in [0, 0.05) is 43.8 Å². The Morgan fingerprint density at radius 3 is 2.52 bits per heavy atom. The summed E-state index contributed by atoms with van der Waals surface area (Å²) in [5.74, 6) is -0.0763. The lowest BCUT2D eigenvalue weighted by Gasteiger charge is -2.33. The number of thiazole rings is 1. The molecule has 2 N–H and O–H groups in total. The van der Waals surface area contributed by atoms with Gasteiger partial charge in [-0.2, -0.15) is 0 Å². The molecule has 2 aromatic rings. The first kappa shape index (κ1) is 19.3. The van der Waals surface area contributed by atoms with Crippen LogP contribution in [-0.2, 0) is 4.79 Å². The fraction of sp³-hybridized carbons (Fsp3) is 0.421. The van der Waals surface area contributed by atoms with Gasteiger partial charge in [0.05, 0.1) is 6.54 Å². The molecule has 1 fully saturated rings. The van der Waals surface area contributed by atoms with E-state index in [2.05, 4.69) is 20.5 Å². The molecule has 0 radical (unpaired) electrons. The molecular weight excluding hydrogens is 362 g/mol. The van der Waals surface area contributed by atoms with Crippen molar-refractivity contribution in [2.75, 3.05) is 49.9 Å². The predicted octanol–water partition coefficient (Wildman–Crippen LogP) is 2.28. The summed E-state index contributed by atoms with van der Waals surface area (Å²) in [5, 5.41) is 8.60. The lowest BCUT2D eigenvalue weighted by Crippen LogP contribution is -2.50. The van der Waals surface area contributed by atoms with Crippen molar-refractivity contribution in [1.29, 1.82) is 0 Å². The molecule has 0 bridgehead atoms. The maximum Gasteiger partial charge on any atom is 0.273 e. The van der Waals surface area contributed by atoms with Crippen molar-refractivity contribution in [3.05, 3.63) is 40.9 Å². The van der Waals surface area contributed by atoms with Gasteiger partial charge in [-0.1, -0.05) is 17.7 Å². The van der Waals surface area contributed by atoms with E-state index in [4.69, 9.17) is 0 Å². The van der Waals surface area contributed by atoms with Gasteiger partial charge in [0.1, 0.15) is 5.69 Å². The molecular formula is C19H25N5O2S. The van der Waals surface area contributed by atoms with Gasteiger partial charge in [0.25, 0.3) is 5.91 Å². The number of benzene rings is 1. The molecule has 7 nitrogen and oxygen atoms in total. The largest absolute Gasteiger partial charge is 0.362 e. The molecule has 0 aliphatic carbocycles. The minimum absolute atomic E-state index is 0.0339. The minimum atomic E-state index is -0.0424. The molecule has 1 saturated heterocycles. The summed E-state index contributed by atoms with van der Waals surface area (Å²) in [6, 6.07) is 7.75. The lowest BCUT2D eigenvalue weighted by atomic mass is 10.2. The number of hydrogen-bond donors (Lipinski definition) is 2. The summed E-state index contributed by atoms with van der Waals surface area (Å²) in [4.78, 5) is 33.0. The summed E-state index contributed by atoms with van der Waals surface area (Å²) in [7, 11) is 0. The van der Waals surface area contributed by atoms with Crippen LogP contribution in [0.1, 0.15) is 23.0 Å². The molecule has 144 valence electrons. The maximum atomic E-state index is 12.6. The fourth-order valence-electron chi connectivity index (χ4n) is 2.92. The minimum Gasteiger partial charge on any atom is -0.362 e.